The van der Waals surface area contributed by atoms with E-state index >= 15 is 0 Å². The van der Waals surface area contributed by atoms with Gasteiger partial charge in [-0.05, 0) is 19.4 Å². The lowest BCUT2D eigenvalue weighted by Crippen LogP contribution is -2.57. The van der Waals surface area contributed by atoms with Crippen molar-refractivity contribution in [1.29, 1.82) is 0 Å². The first-order valence-electron chi connectivity index (χ1n) is 7.05. The topological polar surface area (TPSA) is 76.0 Å². The largest absolute Gasteiger partial charge is 0.464 e. The van der Waals surface area contributed by atoms with Gasteiger partial charge in [0.25, 0.3) is 0 Å². The van der Waals surface area contributed by atoms with Crippen LogP contribution in [0.4, 0.5) is 0 Å². The molecule has 1 atom stereocenters. The zero-order valence-electron chi connectivity index (χ0n) is 12.8. The number of benzene rings is 1. The molecule has 6 nitrogen and oxygen atoms in total. The molecular weight excluding hydrogens is 284 g/mol. The van der Waals surface area contributed by atoms with Crippen molar-refractivity contribution in [3.05, 3.63) is 35.9 Å². The second-order valence-electron chi connectivity index (χ2n) is 5.06. The van der Waals surface area contributed by atoms with Crippen molar-refractivity contribution in [2.24, 2.45) is 5.10 Å². The molecule has 1 aliphatic rings. The summed E-state index contributed by atoms with van der Waals surface area (Å²) in [6, 6.07) is 9.14. The minimum atomic E-state index is -1.70. The van der Waals surface area contributed by atoms with Crippen molar-refractivity contribution < 1.29 is 19.1 Å². The van der Waals surface area contributed by atoms with E-state index in [-0.39, 0.29) is 13.0 Å². The Morgan fingerprint density at radius 2 is 1.86 bits per heavy atom. The van der Waals surface area contributed by atoms with Crippen LogP contribution in [0, 0.1) is 0 Å². The third kappa shape index (κ3) is 2.52. The predicted octanol–water partition coefficient (Wildman–Crippen LogP) is 1.53. The number of Topliss-reactive ketones (excluding diaryl/α,β-unsaturated/α-hetero) is 1. The molecule has 0 fully saturated rings. The number of amides is 1. The fourth-order valence-electron chi connectivity index (χ4n) is 2.51. The number of ketones is 1. The Labute approximate surface area is 128 Å². The van der Waals surface area contributed by atoms with Gasteiger partial charge in [-0.3, -0.25) is 9.59 Å². The molecule has 1 aliphatic heterocycles. The minimum Gasteiger partial charge on any atom is -0.464 e. The molecule has 2 rings (SSSR count). The fourth-order valence-corrected chi connectivity index (χ4v) is 2.51. The van der Waals surface area contributed by atoms with Crippen LogP contribution < -0.4 is 0 Å². The van der Waals surface area contributed by atoms with Gasteiger partial charge < -0.3 is 4.74 Å². The maximum Gasteiger partial charge on any atom is 0.342 e. The lowest BCUT2D eigenvalue weighted by molar-refractivity contribution is -0.165. The van der Waals surface area contributed by atoms with Crippen molar-refractivity contribution in [2.45, 2.75) is 32.7 Å². The number of hydrogen-bond donors (Lipinski definition) is 0. The van der Waals surface area contributed by atoms with Crippen LogP contribution >= 0.6 is 0 Å². The summed E-state index contributed by atoms with van der Waals surface area (Å²) in [5.74, 6) is -1.68. The molecule has 0 spiro atoms. The van der Waals surface area contributed by atoms with Gasteiger partial charge in [0.05, 0.1) is 12.3 Å². The third-order valence-electron chi connectivity index (χ3n) is 3.61. The summed E-state index contributed by atoms with van der Waals surface area (Å²) in [7, 11) is 0. The molecule has 0 saturated carbocycles. The van der Waals surface area contributed by atoms with Crippen LogP contribution in [0.1, 0.15) is 32.8 Å². The van der Waals surface area contributed by atoms with Crippen LogP contribution in [0.5, 0.6) is 0 Å². The molecule has 0 bridgehead atoms. The SMILES string of the molecule is CCOC(=O)C1(C(C)=O)CC(c2ccccc2)=NN1C(C)=O. The second-order valence-corrected chi connectivity index (χ2v) is 5.06. The molecule has 1 aromatic rings. The number of esters is 1. The van der Waals surface area contributed by atoms with E-state index in [2.05, 4.69) is 5.10 Å². The molecule has 116 valence electrons. The van der Waals surface area contributed by atoms with Gasteiger partial charge in [-0.25, -0.2) is 9.80 Å². The highest BCUT2D eigenvalue weighted by molar-refractivity contribution is 6.18. The predicted molar refractivity (Wildman–Crippen MR) is 80.2 cm³/mol. The molecule has 1 aromatic carbocycles. The summed E-state index contributed by atoms with van der Waals surface area (Å²) >= 11 is 0. The second kappa shape index (κ2) is 6.09. The highest BCUT2D eigenvalue weighted by atomic mass is 16.5. The smallest absolute Gasteiger partial charge is 0.342 e. The van der Waals surface area contributed by atoms with Crippen LogP contribution in [0.15, 0.2) is 35.4 Å². The van der Waals surface area contributed by atoms with Crippen molar-refractivity contribution >= 4 is 23.4 Å². The lowest BCUT2D eigenvalue weighted by atomic mass is 9.87. The standard InChI is InChI=1S/C16H18N2O4/c1-4-22-15(21)16(11(2)19)10-14(17-18(16)12(3)20)13-8-6-5-7-9-13/h5-9H,4,10H2,1-3H3. The van der Waals surface area contributed by atoms with Gasteiger partial charge in [-0.1, -0.05) is 30.3 Å². The first-order chi connectivity index (χ1) is 10.4. The fraction of sp³-hybridized carbons (Fsp3) is 0.375. The molecule has 6 heteroatoms. The molecule has 0 N–H and O–H groups in total. The molecule has 0 aliphatic carbocycles. The number of carbonyl (C=O) groups excluding carboxylic acids is 3. The Hall–Kier alpha value is -2.50. The minimum absolute atomic E-state index is 0.0186. The maximum absolute atomic E-state index is 12.4. The molecule has 1 amide bonds. The van der Waals surface area contributed by atoms with Crippen molar-refractivity contribution in [1.82, 2.24) is 5.01 Å². The molecule has 0 aromatic heterocycles. The molecule has 1 unspecified atom stereocenters. The van der Waals surface area contributed by atoms with E-state index in [1.165, 1.54) is 13.8 Å². The molecule has 0 radical (unpaired) electrons. The first-order valence-corrected chi connectivity index (χ1v) is 7.05. The summed E-state index contributed by atoms with van der Waals surface area (Å²) in [6.07, 6.45) is 0.0186. The third-order valence-corrected chi connectivity index (χ3v) is 3.61. The van der Waals surface area contributed by atoms with Crippen LogP contribution in [-0.2, 0) is 19.1 Å². The van der Waals surface area contributed by atoms with Gasteiger partial charge in [0.15, 0.2) is 5.78 Å². The van der Waals surface area contributed by atoms with Crippen LogP contribution in [0.25, 0.3) is 0 Å². The normalized spacial score (nSPS) is 20.5. The first kappa shape index (κ1) is 15.9. The Balaban J connectivity index is 2.50. The van der Waals surface area contributed by atoms with Crippen molar-refractivity contribution in [2.75, 3.05) is 6.61 Å². The molecule has 22 heavy (non-hydrogen) atoms. The zero-order valence-corrected chi connectivity index (χ0v) is 12.8. The summed E-state index contributed by atoms with van der Waals surface area (Å²) in [4.78, 5) is 36.5. The average Bonchev–Trinajstić information content (AvgIpc) is 2.90. The Morgan fingerprint density at radius 1 is 1.23 bits per heavy atom. The number of carbonyl (C=O) groups is 3. The number of nitrogens with zero attached hydrogens (tertiary/aromatic N) is 2. The Kier molecular flexibility index (Phi) is 4.40. The van der Waals surface area contributed by atoms with Gasteiger partial charge >= 0.3 is 5.97 Å². The van der Waals surface area contributed by atoms with Crippen molar-refractivity contribution in [3.8, 4) is 0 Å². The summed E-state index contributed by atoms with van der Waals surface area (Å²) < 4.78 is 5.03. The molecular formula is C16H18N2O4. The van der Waals surface area contributed by atoms with Crippen molar-refractivity contribution in [3.63, 3.8) is 0 Å². The van der Waals surface area contributed by atoms with E-state index in [4.69, 9.17) is 4.74 Å². The van der Waals surface area contributed by atoms with E-state index in [1.54, 1.807) is 6.92 Å². The number of hydrazone groups is 1. The van der Waals surface area contributed by atoms with Gasteiger partial charge in [0.2, 0.25) is 11.4 Å². The summed E-state index contributed by atoms with van der Waals surface area (Å²) in [5, 5.41) is 5.17. The summed E-state index contributed by atoms with van der Waals surface area (Å²) in [5.41, 5.74) is -0.423. The van der Waals surface area contributed by atoms with E-state index < -0.39 is 23.2 Å². The van der Waals surface area contributed by atoms with Gasteiger partial charge in [-0.2, -0.15) is 5.10 Å². The van der Waals surface area contributed by atoms with Gasteiger partial charge in [0, 0.05) is 13.3 Å². The summed E-state index contributed by atoms with van der Waals surface area (Å²) in [6.45, 7) is 4.32. The van der Waals surface area contributed by atoms with Crippen LogP contribution in [0.3, 0.4) is 0 Å². The quantitative estimate of drug-likeness (QED) is 0.624. The monoisotopic (exact) mass is 302 g/mol. The van der Waals surface area contributed by atoms with Crippen LogP contribution in [-0.4, -0.2) is 40.5 Å². The van der Waals surface area contributed by atoms with Gasteiger partial charge in [0.1, 0.15) is 0 Å². The Bertz CT molecular complexity index is 639. The Morgan fingerprint density at radius 3 is 2.36 bits per heavy atom. The van der Waals surface area contributed by atoms with E-state index in [9.17, 15) is 14.4 Å². The van der Waals surface area contributed by atoms with Crippen LogP contribution in [0.2, 0.25) is 0 Å². The number of hydrogen-bond acceptors (Lipinski definition) is 5. The number of ether oxygens (including phenoxy) is 1. The molecule has 0 saturated heterocycles. The van der Waals surface area contributed by atoms with E-state index in [0.717, 1.165) is 10.6 Å². The van der Waals surface area contributed by atoms with E-state index in [0.29, 0.717) is 5.71 Å². The maximum atomic E-state index is 12.4. The zero-order chi connectivity index (χ0) is 16.3. The lowest BCUT2D eigenvalue weighted by Gasteiger charge is -2.30. The highest BCUT2D eigenvalue weighted by Crippen LogP contribution is 2.32. The van der Waals surface area contributed by atoms with E-state index in [1.807, 2.05) is 30.3 Å². The number of rotatable bonds is 4. The highest BCUT2D eigenvalue weighted by Gasteiger charge is 2.56. The average molecular weight is 302 g/mol. The van der Waals surface area contributed by atoms with Gasteiger partial charge in [-0.15, -0.1) is 0 Å². The molecule has 1 heterocycles.